The zero-order valence-corrected chi connectivity index (χ0v) is 8.48. The van der Waals surface area contributed by atoms with Gasteiger partial charge in [-0.25, -0.2) is 0 Å². The van der Waals surface area contributed by atoms with Crippen molar-refractivity contribution in [2.24, 2.45) is 0 Å². The van der Waals surface area contributed by atoms with Crippen molar-refractivity contribution < 1.29 is 5.11 Å². The number of rotatable bonds is 3. The van der Waals surface area contributed by atoms with Crippen molar-refractivity contribution in [2.45, 2.75) is 25.4 Å². The quantitative estimate of drug-likeness (QED) is 0.712. The third-order valence-electron chi connectivity index (χ3n) is 1.90. The summed E-state index contributed by atoms with van der Waals surface area (Å²) in [4.78, 5) is 0. The van der Waals surface area contributed by atoms with Crippen molar-refractivity contribution in [2.75, 3.05) is 0 Å². The highest BCUT2D eigenvalue weighted by Gasteiger charge is 2.03. The molecule has 0 radical (unpaired) electrons. The first-order valence-corrected chi connectivity index (χ1v) is 4.95. The fourth-order valence-electron chi connectivity index (χ4n) is 1.23. The summed E-state index contributed by atoms with van der Waals surface area (Å²) < 4.78 is 0. The van der Waals surface area contributed by atoms with Gasteiger partial charge in [0.05, 0.1) is 0 Å². The van der Waals surface area contributed by atoms with Gasteiger partial charge < -0.3 is 5.11 Å². The Bertz CT molecular complexity index is 247. The maximum atomic E-state index is 9.22. The predicted octanol–water partition coefficient (Wildman–Crippen LogP) is 3.11. The van der Waals surface area contributed by atoms with E-state index in [9.17, 15) is 5.11 Å². The van der Waals surface area contributed by atoms with E-state index >= 15 is 0 Å². The van der Waals surface area contributed by atoms with Crippen molar-refractivity contribution >= 4 is 9.24 Å². The zero-order chi connectivity index (χ0) is 8.97. The lowest BCUT2D eigenvalue weighted by molar-refractivity contribution is 0.474. The molecule has 0 saturated carbocycles. The van der Waals surface area contributed by atoms with Gasteiger partial charge in [-0.05, 0) is 29.8 Å². The molecule has 2 atom stereocenters. The smallest absolute Gasteiger partial charge is 0.115 e. The van der Waals surface area contributed by atoms with Crippen LogP contribution in [0.2, 0.25) is 0 Å². The van der Waals surface area contributed by atoms with Crippen LogP contribution in [-0.4, -0.2) is 5.11 Å². The van der Waals surface area contributed by atoms with E-state index < -0.39 is 0 Å². The first-order chi connectivity index (χ1) is 5.74. The number of benzene rings is 1. The average Bonchev–Trinajstić information content (AvgIpc) is 2.05. The summed E-state index contributed by atoms with van der Waals surface area (Å²) in [7, 11) is 2.80. The molecule has 1 aromatic rings. The summed E-state index contributed by atoms with van der Waals surface area (Å²) in [5, 5.41) is 9.22. The van der Waals surface area contributed by atoms with Gasteiger partial charge in [-0.1, -0.05) is 25.5 Å². The van der Waals surface area contributed by atoms with Gasteiger partial charge in [-0.2, -0.15) is 0 Å². The molecule has 66 valence electrons. The lowest BCUT2D eigenvalue weighted by Crippen LogP contribution is -1.87. The van der Waals surface area contributed by atoms with E-state index in [-0.39, 0.29) is 0 Å². The van der Waals surface area contributed by atoms with Gasteiger partial charge in [0.15, 0.2) is 0 Å². The van der Waals surface area contributed by atoms with Gasteiger partial charge in [0.1, 0.15) is 5.75 Å². The van der Waals surface area contributed by atoms with Crippen LogP contribution in [0.1, 0.15) is 31.0 Å². The number of phenols is 1. The van der Waals surface area contributed by atoms with Crippen molar-refractivity contribution in [3.8, 4) is 5.75 Å². The first kappa shape index (κ1) is 9.54. The van der Waals surface area contributed by atoms with E-state index in [2.05, 4.69) is 16.2 Å². The molecule has 1 N–H and O–H groups in total. The lowest BCUT2D eigenvalue weighted by Gasteiger charge is -2.09. The summed E-state index contributed by atoms with van der Waals surface area (Å²) in [6.45, 7) is 2.17. The van der Waals surface area contributed by atoms with Gasteiger partial charge >= 0.3 is 0 Å². The van der Waals surface area contributed by atoms with Crippen LogP contribution in [0.25, 0.3) is 0 Å². The molecule has 0 aliphatic carbocycles. The molecule has 0 fully saturated rings. The van der Waals surface area contributed by atoms with E-state index in [1.807, 2.05) is 18.2 Å². The molecule has 0 heterocycles. The topological polar surface area (TPSA) is 20.2 Å². The molecule has 0 aliphatic heterocycles. The summed E-state index contributed by atoms with van der Waals surface area (Å²) in [5.74, 6) is 0.357. The minimum atomic E-state index is 0.357. The van der Waals surface area contributed by atoms with Crippen LogP contribution < -0.4 is 0 Å². The maximum Gasteiger partial charge on any atom is 0.115 e. The molecule has 1 rings (SSSR count). The number of hydrogen-bond acceptors (Lipinski definition) is 1. The van der Waals surface area contributed by atoms with Gasteiger partial charge in [0.2, 0.25) is 0 Å². The summed E-state index contributed by atoms with van der Waals surface area (Å²) in [5.41, 5.74) is 1.67. The van der Waals surface area contributed by atoms with E-state index in [4.69, 9.17) is 0 Å². The van der Waals surface area contributed by atoms with Crippen molar-refractivity contribution in [3.05, 3.63) is 29.8 Å². The molecule has 1 nitrogen and oxygen atoms in total. The van der Waals surface area contributed by atoms with Crippen LogP contribution in [0.4, 0.5) is 0 Å². The third-order valence-corrected chi connectivity index (χ3v) is 2.62. The Hall–Kier alpha value is -0.550. The molecule has 1 aromatic carbocycles. The Morgan fingerprint density at radius 2 is 2.25 bits per heavy atom. The van der Waals surface area contributed by atoms with Crippen molar-refractivity contribution in [3.63, 3.8) is 0 Å². The monoisotopic (exact) mass is 182 g/mol. The SMILES string of the molecule is CCCC(P)c1cccc(O)c1. The van der Waals surface area contributed by atoms with E-state index in [0.29, 0.717) is 11.4 Å². The molecule has 2 heteroatoms. The van der Waals surface area contributed by atoms with Gasteiger partial charge in [-0.15, -0.1) is 9.24 Å². The predicted molar refractivity (Wildman–Crippen MR) is 55.5 cm³/mol. The standard InChI is InChI=1S/C10H15OP/c1-2-4-10(12)8-5-3-6-9(11)7-8/h3,5-7,10-11H,2,4,12H2,1H3. The Morgan fingerprint density at radius 1 is 1.50 bits per heavy atom. The van der Waals surface area contributed by atoms with Crippen molar-refractivity contribution in [1.29, 1.82) is 0 Å². The van der Waals surface area contributed by atoms with Gasteiger partial charge in [0, 0.05) is 0 Å². The maximum absolute atomic E-state index is 9.22. The van der Waals surface area contributed by atoms with Crippen LogP contribution in [0.15, 0.2) is 24.3 Å². The minimum Gasteiger partial charge on any atom is -0.508 e. The molecular weight excluding hydrogens is 167 g/mol. The van der Waals surface area contributed by atoms with Crippen LogP contribution >= 0.6 is 9.24 Å². The summed E-state index contributed by atoms with van der Waals surface area (Å²) in [6.07, 6.45) is 2.32. The number of aromatic hydroxyl groups is 1. The molecule has 0 saturated heterocycles. The van der Waals surface area contributed by atoms with Crippen LogP contribution in [0, 0.1) is 0 Å². The zero-order valence-electron chi connectivity index (χ0n) is 7.33. The van der Waals surface area contributed by atoms with E-state index in [1.54, 1.807) is 6.07 Å². The number of hydrogen-bond donors (Lipinski definition) is 1. The highest BCUT2D eigenvalue weighted by Crippen LogP contribution is 2.29. The highest BCUT2D eigenvalue weighted by atomic mass is 31.0. The second kappa shape index (κ2) is 4.47. The Kier molecular flexibility index (Phi) is 3.55. The second-order valence-corrected chi connectivity index (χ2v) is 3.79. The van der Waals surface area contributed by atoms with Gasteiger partial charge in [0.25, 0.3) is 0 Å². The first-order valence-electron chi connectivity index (χ1n) is 4.28. The molecule has 2 unspecified atom stereocenters. The van der Waals surface area contributed by atoms with Gasteiger partial charge in [-0.3, -0.25) is 0 Å². The summed E-state index contributed by atoms with van der Waals surface area (Å²) >= 11 is 0. The van der Waals surface area contributed by atoms with Crippen LogP contribution in [0.3, 0.4) is 0 Å². The van der Waals surface area contributed by atoms with E-state index in [0.717, 1.165) is 6.42 Å². The Balaban J connectivity index is 2.73. The van der Waals surface area contributed by atoms with Crippen LogP contribution in [0.5, 0.6) is 5.75 Å². The molecule has 0 spiro atoms. The average molecular weight is 182 g/mol. The second-order valence-electron chi connectivity index (χ2n) is 2.99. The fourth-order valence-corrected chi connectivity index (χ4v) is 1.77. The van der Waals surface area contributed by atoms with Crippen LogP contribution in [-0.2, 0) is 0 Å². The summed E-state index contributed by atoms with van der Waals surface area (Å²) in [6, 6.07) is 7.46. The molecule has 0 aromatic heterocycles. The molecule has 12 heavy (non-hydrogen) atoms. The van der Waals surface area contributed by atoms with Crippen molar-refractivity contribution in [1.82, 2.24) is 0 Å². The Labute approximate surface area is 76.0 Å². The molecule has 0 aliphatic rings. The molecular formula is C10H15OP. The number of phenolic OH excluding ortho intramolecular Hbond substituents is 1. The normalized spacial score (nSPS) is 12.8. The highest BCUT2D eigenvalue weighted by molar-refractivity contribution is 7.17. The largest absolute Gasteiger partial charge is 0.508 e. The molecule has 0 amide bonds. The minimum absolute atomic E-state index is 0.357. The van der Waals surface area contributed by atoms with E-state index in [1.165, 1.54) is 12.0 Å². The third kappa shape index (κ3) is 2.49. The lowest BCUT2D eigenvalue weighted by atomic mass is 10.1. The fraction of sp³-hybridized carbons (Fsp3) is 0.400. The molecule has 0 bridgehead atoms. The Morgan fingerprint density at radius 3 is 2.83 bits per heavy atom.